The van der Waals surface area contributed by atoms with Crippen molar-refractivity contribution in [3.8, 4) is 11.5 Å². The SMILES string of the molecule is C=CCOc1cccc(/C=c2/sc3n(c2=O)[C@@H](c2c(OC)ccc4ccccc24)C(C(=O)N(CC)CC)=C(C)N=3)c1. The third kappa shape index (κ3) is 5.23. The fourth-order valence-electron chi connectivity index (χ4n) is 5.29. The van der Waals surface area contributed by atoms with Crippen LogP contribution in [0.4, 0.5) is 0 Å². The summed E-state index contributed by atoms with van der Waals surface area (Å²) in [6, 6.07) is 18.7. The molecule has 41 heavy (non-hydrogen) atoms. The quantitative estimate of drug-likeness (QED) is 0.272. The summed E-state index contributed by atoms with van der Waals surface area (Å²) < 4.78 is 13.7. The zero-order valence-corrected chi connectivity index (χ0v) is 24.5. The van der Waals surface area contributed by atoms with Crippen LogP contribution in [0, 0.1) is 0 Å². The number of hydrogen-bond donors (Lipinski definition) is 0. The Morgan fingerprint density at radius 3 is 2.63 bits per heavy atom. The zero-order chi connectivity index (χ0) is 29.1. The van der Waals surface area contributed by atoms with Crippen LogP contribution in [0.15, 0.2) is 94.4 Å². The van der Waals surface area contributed by atoms with Gasteiger partial charge in [-0.15, -0.1) is 0 Å². The van der Waals surface area contributed by atoms with Crippen LogP contribution in [0.5, 0.6) is 11.5 Å². The van der Waals surface area contributed by atoms with Gasteiger partial charge < -0.3 is 14.4 Å². The summed E-state index contributed by atoms with van der Waals surface area (Å²) in [5.41, 5.74) is 2.44. The lowest BCUT2D eigenvalue weighted by molar-refractivity contribution is -0.127. The number of benzene rings is 3. The molecule has 0 spiro atoms. The first-order valence-electron chi connectivity index (χ1n) is 13.6. The Bertz CT molecular complexity index is 1850. The Kier molecular flexibility index (Phi) is 8.21. The van der Waals surface area contributed by atoms with Crippen LogP contribution < -0.4 is 24.4 Å². The minimum atomic E-state index is -0.718. The van der Waals surface area contributed by atoms with Crippen molar-refractivity contribution in [2.45, 2.75) is 26.8 Å². The van der Waals surface area contributed by atoms with Gasteiger partial charge >= 0.3 is 0 Å². The van der Waals surface area contributed by atoms with Crippen molar-refractivity contribution in [3.63, 3.8) is 0 Å². The van der Waals surface area contributed by atoms with Gasteiger partial charge in [0.2, 0.25) is 0 Å². The monoisotopic (exact) mass is 567 g/mol. The van der Waals surface area contributed by atoms with E-state index in [2.05, 4.69) is 6.58 Å². The number of rotatable bonds is 9. The average molecular weight is 568 g/mol. The van der Waals surface area contributed by atoms with Crippen LogP contribution in [0.3, 0.4) is 0 Å². The number of amides is 1. The molecule has 0 bridgehead atoms. The molecule has 7 nitrogen and oxygen atoms in total. The Hall–Kier alpha value is -4.43. The summed E-state index contributed by atoms with van der Waals surface area (Å²) in [7, 11) is 1.61. The summed E-state index contributed by atoms with van der Waals surface area (Å²) in [6.07, 6.45) is 3.53. The molecule has 1 amide bonds. The van der Waals surface area contributed by atoms with Gasteiger partial charge in [0.25, 0.3) is 11.5 Å². The molecule has 3 aromatic carbocycles. The van der Waals surface area contributed by atoms with Crippen molar-refractivity contribution in [2.24, 2.45) is 4.99 Å². The largest absolute Gasteiger partial charge is 0.496 e. The van der Waals surface area contributed by atoms with Gasteiger partial charge in [-0.05, 0) is 61.4 Å². The standard InChI is InChI=1S/C33H33N3O4S/c1-6-18-40-24-14-11-12-22(19-24)20-27-31(37)36-30(29-25-15-10-9-13-23(25)16-17-26(29)39-5)28(21(4)34-33(36)41-27)32(38)35(7-2)8-3/h6,9-17,19-20,30H,1,7-8,18H2,2-5H3/b27-20+/t30-/m1/s1. The van der Waals surface area contributed by atoms with Gasteiger partial charge in [0.05, 0.1) is 22.9 Å². The Labute approximate surface area is 243 Å². The zero-order valence-electron chi connectivity index (χ0n) is 23.7. The second-order valence-electron chi connectivity index (χ2n) is 9.63. The number of ether oxygens (including phenoxy) is 2. The summed E-state index contributed by atoms with van der Waals surface area (Å²) in [6.45, 7) is 10.9. The number of thiazole rings is 1. The maximum Gasteiger partial charge on any atom is 0.271 e. The van der Waals surface area contributed by atoms with Gasteiger partial charge in [-0.25, -0.2) is 4.99 Å². The topological polar surface area (TPSA) is 73.1 Å². The normalized spacial score (nSPS) is 14.9. The molecular weight excluding hydrogens is 534 g/mol. The molecule has 1 aromatic heterocycles. The smallest absolute Gasteiger partial charge is 0.271 e. The van der Waals surface area contributed by atoms with Gasteiger partial charge in [-0.1, -0.05) is 66.5 Å². The predicted octanol–water partition coefficient (Wildman–Crippen LogP) is 4.83. The van der Waals surface area contributed by atoms with E-state index in [9.17, 15) is 9.59 Å². The number of hydrogen-bond acceptors (Lipinski definition) is 6. The van der Waals surface area contributed by atoms with E-state index in [1.54, 1.807) is 22.7 Å². The molecule has 1 aliphatic rings. The number of nitrogens with zero attached hydrogens (tertiary/aromatic N) is 3. The molecule has 2 heterocycles. The van der Waals surface area contributed by atoms with Gasteiger partial charge in [-0.2, -0.15) is 0 Å². The van der Waals surface area contributed by atoms with E-state index in [-0.39, 0.29) is 11.5 Å². The van der Waals surface area contributed by atoms with Crippen molar-refractivity contribution < 1.29 is 14.3 Å². The van der Waals surface area contributed by atoms with E-state index in [1.165, 1.54) is 11.3 Å². The van der Waals surface area contributed by atoms with Crippen LogP contribution >= 0.6 is 11.3 Å². The number of carbonyl (C=O) groups excluding carboxylic acids is 1. The molecule has 1 atom stereocenters. The first-order chi connectivity index (χ1) is 19.9. The fraction of sp³-hybridized carbons (Fsp3) is 0.242. The van der Waals surface area contributed by atoms with Crippen molar-refractivity contribution in [3.05, 3.63) is 115 Å². The van der Waals surface area contributed by atoms with Gasteiger partial charge in [0.1, 0.15) is 24.1 Å². The number of fused-ring (bicyclic) bond motifs is 2. The molecule has 0 fully saturated rings. The minimum absolute atomic E-state index is 0.141. The molecule has 4 aromatic rings. The molecule has 0 unspecified atom stereocenters. The van der Waals surface area contributed by atoms with Gasteiger partial charge in [0, 0.05) is 18.7 Å². The lowest BCUT2D eigenvalue weighted by atomic mass is 9.90. The van der Waals surface area contributed by atoms with E-state index >= 15 is 0 Å². The number of allylic oxidation sites excluding steroid dienone is 1. The summed E-state index contributed by atoms with van der Waals surface area (Å²) >= 11 is 1.31. The molecule has 1 aliphatic heterocycles. The predicted molar refractivity (Wildman–Crippen MR) is 164 cm³/mol. The third-order valence-corrected chi connectivity index (χ3v) is 8.23. The Morgan fingerprint density at radius 1 is 1.12 bits per heavy atom. The van der Waals surface area contributed by atoms with E-state index in [4.69, 9.17) is 14.5 Å². The number of carbonyl (C=O) groups is 1. The summed E-state index contributed by atoms with van der Waals surface area (Å²) in [5, 5.41) is 1.91. The second kappa shape index (κ2) is 12.0. The highest BCUT2D eigenvalue weighted by atomic mass is 32.1. The number of likely N-dealkylation sites (N-methyl/N-ethyl adjacent to an activating group) is 1. The minimum Gasteiger partial charge on any atom is -0.496 e. The lowest BCUT2D eigenvalue weighted by Crippen LogP contribution is -2.43. The third-order valence-electron chi connectivity index (χ3n) is 7.25. The van der Waals surface area contributed by atoms with Crippen molar-refractivity contribution in [2.75, 3.05) is 26.8 Å². The molecule has 0 N–H and O–H groups in total. The number of aromatic nitrogens is 1. The van der Waals surface area contributed by atoms with Crippen LogP contribution in [0.1, 0.15) is 37.9 Å². The Balaban J connectivity index is 1.79. The van der Waals surface area contributed by atoms with Crippen molar-refractivity contribution in [1.29, 1.82) is 0 Å². The van der Waals surface area contributed by atoms with E-state index in [1.807, 2.05) is 87.5 Å². The molecular formula is C33H33N3O4S. The van der Waals surface area contributed by atoms with Gasteiger partial charge in [-0.3, -0.25) is 14.2 Å². The first-order valence-corrected chi connectivity index (χ1v) is 14.4. The lowest BCUT2D eigenvalue weighted by Gasteiger charge is -2.30. The molecule has 0 aliphatic carbocycles. The number of methoxy groups -OCH3 is 1. The summed E-state index contributed by atoms with van der Waals surface area (Å²) in [5.74, 6) is 1.15. The molecule has 8 heteroatoms. The molecule has 5 rings (SSSR count). The van der Waals surface area contributed by atoms with Gasteiger partial charge in [0.15, 0.2) is 4.80 Å². The highest BCUT2D eigenvalue weighted by Crippen LogP contribution is 2.40. The second-order valence-corrected chi connectivity index (χ2v) is 10.6. The van der Waals surface area contributed by atoms with E-state index < -0.39 is 6.04 Å². The van der Waals surface area contributed by atoms with E-state index in [0.717, 1.165) is 21.9 Å². The molecule has 0 radical (unpaired) electrons. The maximum atomic E-state index is 14.2. The first kappa shape index (κ1) is 28.1. The van der Waals surface area contributed by atoms with Crippen LogP contribution in [0.2, 0.25) is 0 Å². The highest BCUT2D eigenvalue weighted by molar-refractivity contribution is 7.07. The summed E-state index contributed by atoms with van der Waals surface area (Å²) in [4.78, 5) is 35.4. The van der Waals surface area contributed by atoms with Crippen LogP contribution in [0.25, 0.3) is 16.8 Å². The molecule has 0 saturated carbocycles. The Morgan fingerprint density at radius 2 is 1.90 bits per heavy atom. The highest BCUT2D eigenvalue weighted by Gasteiger charge is 2.36. The van der Waals surface area contributed by atoms with Crippen molar-refractivity contribution in [1.82, 2.24) is 9.47 Å². The van der Waals surface area contributed by atoms with Crippen molar-refractivity contribution >= 4 is 34.1 Å². The van der Waals surface area contributed by atoms with Crippen LogP contribution in [-0.4, -0.2) is 42.2 Å². The molecule has 0 saturated heterocycles. The average Bonchev–Trinajstić information content (AvgIpc) is 3.29. The maximum absolute atomic E-state index is 14.2. The van der Waals surface area contributed by atoms with E-state index in [0.29, 0.717) is 51.8 Å². The fourth-order valence-corrected chi connectivity index (χ4v) is 6.33. The molecule has 210 valence electrons. The van der Waals surface area contributed by atoms with Crippen LogP contribution in [-0.2, 0) is 4.79 Å².